The molecular weight excluding hydrogens is 200 g/mol. The Labute approximate surface area is 92.5 Å². The highest BCUT2D eigenvalue weighted by molar-refractivity contribution is 5.85. The SMILES string of the molecule is c1ccc2c(Cn3cnnn3)cccc2c1. The number of hydrogen-bond acceptors (Lipinski definition) is 3. The lowest BCUT2D eigenvalue weighted by Gasteiger charge is -2.05. The average Bonchev–Trinajstić information content (AvgIpc) is 2.82. The van der Waals surface area contributed by atoms with Gasteiger partial charge in [0.05, 0.1) is 6.54 Å². The standard InChI is InChI=1S/C12H10N4/c1-2-7-12-10(4-1)5-3-6-11(12)8-16-9-13-14-15-16/h1-7,9H,8H2. The second-order valence-corrected chi connectivity index (χ2v) is 3.65. The Morgan fingerprint density at radius 3 is 2.75 bits per heavy atom. The molecule has 0 unspecified atom stereocenters. The van der Waals surface area contributed by atoms with Crippen molar-refractivity contribution in [2.75, 3.05) is 0 Å². The molecule has 0 aliphatic heterocycles. The number of fused-ring (bicyclic) bond motifs is 1. The Kier molecular flexibility index (Phi) is 2.11. The molecule has 1 heterocycles. The van der Waals surface area contributed by atoms with Crippen LogP contribution >= 0.6 is 0 Å². The van der Waals surface area contributed by atoms with Gasteiger partial charge in [-0.05, 0) is 26.8 Å². The van der Waals surface area contributed by atoms with E-state index in [1.807, 2.05) is 12.1 Å². The summed E-state index contributed by atoms with van der Waals surface area (Å²) in [5.74, 6) is 0. The summed E-state index contributed by atoms with van der Waals surface area (Å²) in [6.07, 6.45) is 1.63. The molecule has 4 nitrogen and oxygen atoms in total. The van der Waals surface area contributed by atoms with E-state index in [2.05, 4.69) is 45.9 Å². The summed E-state index contributed by atoms with van der Waals surface area (Å²) in [6, 6.07) is 14.6. The number of tetrazole rings is 1. The Bertz CT molecular complexity index is 596. The zero-order chi connectivity index (χ0) is 10.8. The van der Waals surface area contributed by atoms with Crippen molar-refractivity contribution in [3.05, 3.63) is 54.4 Å². The van der Waals surface area contributed by atoms with Gasteiger partial charge in [0.1, 0.15) is 6.33 Å². The van der Waals surface area contributed by atoms with E-state index in [0.717, 1.165) is 0 Å². The van der Waals surface area contributed by atoms with Crippen LogP contribution in [-0.4, -0.2) is 20.2 Å². The van der Waals surface area contributed by atoms with Crippen LogP contribution in [0.5, 0.6) is 0 Å². The number of benzene rings is 2. The van der Waals surface area contributed by atoms with Gasteiger partial charge in [0, 0.05) is 0 Å². The third-order valence-electron chi connectivity index (χ3n) is 2.60. The van der Waals surface area contributed by atoms with Crippen molar-refractivity contribution in [3.63, 3.8) is 0 Å². The van der Waals surface area contributed by atoms with Crippen LogP contribution in [0.3, 0.4) is 0 Å². The molecule has 0 spiro atoms. The van der Waals surface area contributed by atoms with Crippen LogP contribution in [0.4, 0.5) is 0 Å². The normalized spacial score (nSPS) is 10.8. The third-order valence-corrected chi connectivity index (χ3v) is 2.60. The Morgan fingerprint density at radius 1 is 1.00 bits per heavy atom. The van der Waals surface area contributed by atoms with Crippen LogP contribution in [0.2, 0.25) is 0 Å². The minimum Gasteiger partial charge on any atom is -0.228 e. The van der Waals surface area contributed by atoms with Crippen molar-refractivity contribution in [2.24, 2.45) is 0 Å². The van der Waals surface area contributed by atoms with Crippen LogP contribution in [0.1, 0.15) is 5.56 Å². The summed E-state index contributed by atoms with van der Waals surface area (Å²) in [5, 5.41) is 13.6. The van der Waals surface area contributed by atoms with Crippen molar-refractivity contribution < 1.29 is 0 Å². The van der Waals surface area contributed by atoms with Crippen LogP contribution in [0, 0.1) is 0 Å². The molecule has 4 heteroatoms. The lowest BCUT2D eigenvalue weighted by molar-refractivity contribution is 0.651. The van der Waals surface area contributed by atoms with Gasteiger partial charge in [-0.3, -0.25) is 0 Å². The smallest absolute Gasteiger partial charge is 0.138 e. The first-order valence-corrected chi connectivity index (χ1v) is 5.11. The fourth-order valence-electron chi connectivity index (χ4n) is 1.86. The molecule has 0 N–H and O–H groups in total. The molecule has 1 aromatic heterocycles. The number of hydrogen-bond donors (Lipinski definition) is 0. The van der Waals surface area contributed by atoms with Gasteiger partial charge in [0.15, 0.2) is 0 Å². The summed E-state index contributed by atoms with van der Waals surface area (Å²) in [6.45, 7) is 0.703. The fraction of sp³-hybridized carbons (Fsp3) is 0.0833. The summed E-state index contributed by atoms with van der Waals surface area (Å²) in [7, 11) is 0. The monoisotopic (exact) mass is 210 g/mol. The molecule has 3 rings (SSSR count). The van der Waals surface area contributed by atoms with Crippen molar-refractivity contribution in [2.45, 2.75) is 6.54 Å². The third kappa shape index (κ3) is 1.54. The first-order chi connectivity index (χ1) is 7.93. The molecule has 0 atom stereocenters. The van der Waals surface area contributed by atoms with Crippen molar-refractivity contribution in [1.29, 1.82) is 0 Å². The van der Waals surface area contributed by atoms with E-state index in [9.17, 15) is 0 Å². The molecule has 0 saturated heterocycles. The van der Waals surface area contributed by atoms with E-state index < -0.39 is 0 Å². The van der Waals surface area contributed by atoms with Crippen LogP contribution < -0.4 is 0 Å². The quantitative estimate of drug-likeness (QED) is 0.648. The van der Waals surface area contributed by atoms with E-state index in [1.165, 1.54) is 16.3 Å². The maximum Gasteiger partial charge on any atom is 0.138 e. The molecule has 0 saturated carbocycles. The highest BCUT2D eigenvalue weighted by Gasteiger charge is 2.01. The van der Waals surface area contributed by atoms with Gasteiger partial charge in [0.25, 0.3) is 0 Å². The predicted molar refractivity (Wildman–Crippen MR) is 60.9 cm³/mol. The van der Waals surface area contributed by atoms with E-state index >= 15 is 0 Å². The number of rotatable bonds is 2. The van der Waals surface area contributed by atoms with Gasteiger partial charge in [-0.2, -0.15) is 0 Å². The zero-order valence-corrected chi connectivity index (χ0v) is 8.61. The minimum absolute atomic E-state index is 0.703. The molecule has 2 aromatic carbocycles. The van der Waals surface area contributed by atoms with E-state index in [0.29, 0.717) is 6.54 Å². The van der Waals surface area contributed by atoms with Crippen molar-refractivity contribution in [1.82, 2.24) is 20.2 Å². The van der Waals surface area contributed by atoms with Gasteiger partial charge < -0.3 is 0 Å². The molecule has 0 aliphatic rings. The predicted octanol–water partition coefficient (Wildman–Crippen LogP) is 1.87. The molecule has 0 aliphatic carbocycles. The first kappa shape index (κ1) is 9.03. The second-order valence-electron chi connectivity index (χ2n) is 3.65. The van der Waals surface area contributed by atoms with Gasteiger partial charge in [-0.25, -0.2) is 4.68 Å². The highest BCUT2D eigenvalue weighted by atomic mass is 15.5. The molecule has 78 valence electrons. The van der Waals surface area contributed by atoms with Crippen LogP contribution in [0.25, 0.3) is 10.8 Å². The van der Waals surface area contributed by atoms with Gasteiger partial charge in [-0.1, -0.05) is 42.5 Å². The Hall–Kier alpha value is -2.23. The Morgan fingerprint density at radius 2 is 1.88 bits per heavy atom. The molecular formula is C12H10N4. The molecule has 0 bridgehead atoms. The van der Waals surface area contributed by atoms with E-state index in [4.69, 9.17) is 0 Å². The second kappa shape index (κ2) is 3.73. The lowest BCUT2D eigenvalue weighted by atomic mass is 10.0. The molecule has 0 fully saturated rings. The van der Waals surface area contributed by atoms with E-state index in [-0.39, 0.29) is 0 Å². The van der Waals surface area contributed by atoms with E-state index in [1.54, 1.807) is 11.0 Å². The van der Waals surface area contributed by atoms with Crippen LogP contribution in [-0.2, 0) is 6.54 Å². The molecule has 16 heavy (non-hydrogen) atoms. The fourth-order valence-corrected chi connectivity index (χ4v) is 1.86. The largest absolute Gasteiger partial charge is 0.228 e. The topological polar surface area (TPSA) is 43.6 Å². The zero-order valence-electron chi connectivity index (χ0n) is 8.61. The maximum atomic E-state index is 3.87. The molecule has 0 amide bonds. The summed E-state index contributed by atoms with van der Waals surface area (Å²) in [5.41, 5.74) is 1.23. The van der Waals surface area contributed by atoms with Crippen LogP contribution in [0.15, 0.2) is 48.8 Å². The number of nitrogens with zero attached hydrogens (tertiary/aromatic N) is 4. The first-order valence-electron chi connectivity index (χ1n) is 5.11. The molecule has 3 aromatic rings. The minimum atomic E-state index is 0.703. The van der Waals surface area contributed by atoms with Gasteiger partial charge >= 0.3 is 0 Å². The maximum absolute atomic E-state index is 3.87. The summed E-state index contributed by atoms with van der Waals surface area (Å²) in [4.78, 5) is 0. The van der Waals surface area contributed by atoms with Gasteiger partial charge in [-0.15, -0.1) is 5.10 Å². The Balaban J connectivity index is 2.10. The highest BCUT2D eigenvalue weighted by Crippen LogP contribution is 2.18. The summed E-state index contributed by atoms with van der Waals surface area (Å²) < 4.78 is 1.72. The van der Waals surface area contributed by atoms with Crippen molar-refractivity contribution in [3.8, 4) is 0 Å². The van der Waals surface area contributed by atoms with Crippen molar-refractivity contribution >= 4 is 10.8 Å². The summed E-state index contributed by atoms with van der Waals surface area (Å²) >= 11 is 0. The average molecular weight is 210 g/mol. The van der Waals surface area contributed by atoms with Gasteiger partial charge in [0.2, 0.25) is 0 Å². The molecule has 0 radical (unpaired) electrons. The number of aromatic nitrogens is 4. The lowest BCUT2D eigenvalue weighted by Crippen LogP contribution is -2.00.